The number of nitrogens with one attached hydrogen (secondary N) is 1. The maximum Gasteiger partial charge on any atom is 0.431 e. The number of carboxylic acids is 1. The molecule has 2 N–H and O–H groups in total. The van der Waals surface area contributed by atoms with E-state index in [0.717, 1.165) is 11.1 Å². The smallest absolute Gasteiger partial charge is 0.431 e. The molecule has 0 saturated heterocycles. The first-order valence-corrected chi connectivity index (χ1v) is 11.9. The summed E-state index contributed by atoms with van der Waals surface area (Å²) < 4.78 is 26.5. The van der Waals surface area contributed by atoms with Crippen molar-refractivity contribution < 1.29 is 43.2 Å². The molecule has 0 spiro atoms. The topological polar surface area (TPSA) is 122 Å². The number of fused-ring (bicyclic) bond motifs is 3. The third kappa shape index (κ3) is 9.21. The molecule has 0 saturated carbocycles. The number of hydrogen-bond donors (Lipinski definition) is 2. The largest absolute Gasteiger partial charge is 0.481 e. The van der Waals surface area contributed by atoms with Gasteiger partial charge in [-0.3, -0.25) is 9.63 Å². The van der Waals surface area contributed by atoms with Crippen LogP contribution in [0.25, 0.3) is 11.1 Å². The summed E-state index contributed by atoms with van der Waals surface area (Å²) in [5.41, 5.74) is 6.92. The zero-order valence-electron chi connectivity index (χ0n) is 20.2. The average Bonchev–Trinajstić information content (AvgIpc) is 3.20. The number of hydroxylamine groups is 1. The first-order chi connectivity index (χ1) is 17.7. The molecule has 10 heteroatoms. The van der Waals surface area contributed by atoms with Gasteiger partial charge in [0.25, 0.3) is 0 Å². The fraction of sp³-hybridized carbons (Fsp3) is 0.462. The summed E-state index contributed by atoms with van der Waals surface area (Å²) in [4.78, 5) is 27.5. The molecule has 3 rings (SSSR count). The van der Waals surface area contributed by atoms with Crippen molar-refractivity contribution in [2.45, 2.75) is 12.3 Å². The Hall–Kier alpha value is -3.02. The molecule has 2 aromatic rings. The Morgan fingerprint density at radius 3 is 1.69 bits per heavy atom. The molecule has 1 aliphatic rings. The lowest BCUT2D eigenvalue weighted by molar-refractivity contribution is -0.138. The summed E-state index contributed by atoms with van der Waals surface area (Å²) in [6, 6.07) is 16.3. The van der Waals surface area contributed by atoms with E-state index in [1.165, 1.54) is 11.1 Å². The van der Waals surface area contributed by atoms with Gasteiger partial charge < -0.3 is 28.8 Å². The Labute approximate surface area is 210 Å². The molecule has 196 valence electrons. The molecule has 0 radical (unpaired) electrons. The molecular formula is C26H33NO9. The standard InChI is InChI=1S/C26H33NO9/c28-25(29)9-10-31-11-12-32-13-14-33-15-16-34-17-18-36-27-26(30)35-19-24-22-7-3-1-5-20(22)21-6-2-4-8-23(21)24/h1-8,24H,9-19H2,(H,27,30)(H,28,29). The number of carbonyl (C=O) groups is 2. The Kier molecular flexibility index (Phi) is 12.2. The zero-order chi connectivity index (χ0) is 25.4. The number of amides is 1. The van der Waals surface area contributed by atoms with Crippen LogP contribution in [0.4, 0.5) is 4.79 Å². The third-order valence-electron chi connectivity index (χ3n) is 5.41. The van der Waals surface area contributed by atoms with Crippen LogP contribution in [0.1, 0.15) is 23.5 Å². The second kappa shape index (κ2) is 15.9. The van der Waals surface area contributed by atoms with Crippen molar-refractivity contribution in [3.05, 3.63) is 59.7 Å². The van der Waals surface area contributed by atoms with E-state index in [1.54, 1.807) is 0 Å². The predicted molar refractivity (Wildman–Crippen MR) is 130 cm³/mol. The number of rotatable bonds is 18. The number of hydrogen-bond acceptors (Lipinski definition) is 8. The molecule has 0 atom stereocenters. The molecule has 2 aromatic carbocycles. The van der Waals surface area contributed by atoms with Gasteiger partial charge in [-0.2, -0.15) is 5.48 Å². The summed E-state index contributed by atoms with van der Waals surface area (Å²) in [7, 11) is 0. The molecule has 0 bridgehead atoms. The highest BCUT2D eigenvalue weighted by molar-refractivity contribution is 5.79. The second-order valence-corrected chi connectivity index (χ2v) is 7.87. The average molecular weight is 504 g/mol. The molecule has 0 unspecified atom stereocenters. The van der Waals surface area contributed by atoms with Gasteiger partial charge in [0.1, 0.15) is 6.61 Å². The predicted octanol–water partition coefficient (Wildman–Crippen LogP) is 3.00. The third-order valence-corrected chi connectivity index (χ3v) is 5.41. The molecule has 1 aliphatic carbocycles. The van der Waals surface area contributed by atoms with E-state index in [9.17, 15) is 9.59 Å². The van der Waals surface area contributed by atoms with E-state index >= 15 is 0 Å². The highest BCUT2D eigenvalue weighted by atomic mass is 16.7. The fourth-order valence-electron chi connectivity index (χ4n) is 3.76. The van der Waals surface area contributed by atoms with E-state index in [-0.39, 0.29) is 38.8 Å². The summed E-state index contributed by atoms with van der Waals surface area (Å²) in [5, 5.41) is 8.48. The minimum Gasteiger partial charge on any atom is -0.481 e. The van der Waals surface area contributed by atoms with Gasteiger partial charge in [-0.05, 0) is 22.3 Å². The van der Waals surface area contributed by atoms with Crippen LogP contribution < -0.4 is 5.48 Å². The number of aliphatic carboxylic acids is 1. The van der Waals surface area contributed by atoms with Gasteiger partial charge in [-0.15, -0.1) is 0 Å². The molecule has 0 fully saturated rings. The van der Waals surface area contributed by atoms with Gasteiger partial charge in [0.2, 0.25) is 0 Å². The monoisotopic (exact) mass is 503 g/mol. The SMILES string of the molecule is O=C(O)CCOCCOCCOCCOCCONC(=O)OCC1c2ccccc2-c2ccccc21. The lowest BCUT2D eigenvalue weighted by Crippen LogP contribution is -2.28. The van der Waals surface area contributed by atoms with Crippen LogP contribution in [0.2, 0.25) is 0 Å². The summed E-state index contributed by atoms with van der Waals surface area (Å²) in [6.07, 6.45) is -0.660. The molecule has 10 nitrogen and oxygen atoms in total. The second-order valence-electron chi connectivity index (χ2n) is 7.87. The number of ether oxygens (including phenoxy) is 5. The van der Waals surface area contributed by atoms with Gasteiger partial charge in [-0.25, -0.2) is 4.79 Å². The van der Waals surface area contributed by atoms with Crippen molar-refractivity contribution in [3.63, 3.8) is 0 Å². The minimum atomic E-state index is -0.884. The summed E-state index contributed by atoms with van der Waals surface area (Å²) in [6.45, 7) is 3.20. The first-order valence-electron chi connectivity index (χ1n) is 11.9. The van der Waals surface area contributed by atoms with Crippen LogP contribution in [0, 0.1) is 0 Å². The fourth-order valence-corrected chi connectivity index (χ4v) is 3.76. The maximum atomic E-state index is 12.0. The van der Waals surface area contributed by atoms with Crippen LogP contribution >= 0.6 is 0 Å². The van der Waals surface area contributed by atoms with Gasteiger partial charge in [0.05, 0.1) is 65.9 Å². The van der Waals surface area contributed by atoms with Crippen LogP contribution in [0.3, 0.4) is 0 Å². The van der Waals surface area contributed by atoms with Crippen molar-refractivity contribution in [2.75, 3.05) is 66.1 Å². The molecule has 36 heavy (non-hydrogen) atoms. The lowest BCUT2D eigenvalue weighted by Gasteiger charge is -2.14. The van der Waals surface area contributed by atoms with Gasteiger partial charge in [-0.1, -0.05) is 48.5 Å². The van der Waals surface area contributed by atoms with Crippen LogP contribution in [-0.2, 0) is 33.3 Å². The van der Waals surface area contributed by atoms with Crippen LogP contribution in [-0.4, -0.2) is 83.2 Å². The molecule has 1 amide bonds. The Bertz CT molecular complexity index is 907. The highest BCUT2D eigenvalue weighted by Gasteiger charge is 2.28. The van der Waals surface area contributed by atoms with E-state index < -0.39 is 12.1 Å². The van der Waals surface area contributed by atoms with Crippen molar-refractivity contribution in [2.24, 2.45) is 0 Å². The Morgan fingerprint density at radius 1 is 0.694 bits per heavy atom. The van der Waals surface area contributed by atoms with Gasteiger partial charge in [0.15, 0.2) is 0 Å². The van der Waals surface area contributed by atoms with Crippen molar-refractivity contribution in [3.8, 4) is 11.1 Å². The van der Waals surface area contributed by atoms with Crippen LogP contribution in [0.5, 0.6) is 0 Å². The lowest BCUT2D eigenvalue weighted by atomic mass is 9.98. The molecule has 0 heterocycles. The van der Waals surface area contributed by atoms with E-state index in [4.69, 9.17) is 33.6 Å². The normalized spacial score (nSPS) is 12.2. The van der Waals surface area contributed by atoms with Crippen LogP contribution in [0.15, 0.2) is 48.5 Å². The van der Waals surface area contributed by atoms with E-state index in [2.05, 4.69) is 29.7 Å². The summed E-state index contributed by atoms with van der Waals surface area (Å²) in [5.74, 6) is -0.890. The van der Waals surface area contributed by atoms with Crippen molar-refractivity contribution in [1.82, 2.24) is 5.48 Å². The quantitative estimate of drug-likeness (QED) is 0.233. The van der Waals surface area contributed by atoms with E-state index in [0.29, 0.717) is 39.6 Å². The van der Waals surface area contributed by atoms with E-state index in [1.807, 2.05) is 24.3 Å². The van der Waals surface area contributed by atoms with Crippen molar-refractivity contribution in [1.29, 1.82) is 0 Å². The van der Waals surface area contributed by atoms with Gasteiger partial charge in [0, 0.05) is 5.92 Å². The summed E-state index contributed by atoms with van der Waals surface area (Å²) >= 11 is 0. The number of carboxylic acid groups (broad SMARTS) is 1. The number of carbonyl (C=O) groups excluding carboxylic acids is 1. The highest BCUT2D eigenvalue weighted by Crippen LogP contribution is 2.44. The number of benzene rings is 2. The Morgan fingerprint density at radius 2 is 1.17 bits per heavy atom. The zero-order valence-corrected chi connectivity index (χ0v) is 20.2. The Balaban J connectivity index is 1.14. The molecule has 0 aliphatic heterocycles. The van der Waals surface area contributed by atoms with Crippen molar-refractivity contribution >= 4 is 12.1 Å². The first kappa shape index (κ1) is 27.6. The maximum absolute atomic E-state index is 12.0. The van der Waals surface area contributed by atoms with Gasteiger partial charge >= 0.3 is 12.1 Å². The minimum absolute atomic E-state index is 0.00552. The molecular weight excluding hydrogens is 470 g/mol. The molecule has 0 aromatic heterocycles.